The van der Waals surface area contributed by atoms with Crippen molar-refractivity contribution in [3.63, 3.8) is 0 Å². The Morgan fingerprint density at radius 3 is 2.58 bits per heavy atom. The summed E-state index contributed by atoms with van der Waals surface area (Å²) in [7, 11) is 0. The van der Waals surface area contributed by atoms with Gasteiger partial charge in [-0.15, -0.1) is 0 Å². The van der Waals surface area contributed by atoms with Crippen molar-refractivity contribution in [2.75, 3.05) is 13.2 Å². The largest absolute Gasteiger partial charge is 0.461 e. The molecule has 2 bridgehead atoms. The van der Waals surface area contributed by atoms with Gasteiger partial charge in [-0.05, 0) is 87.5 Å². The van der Waals surface area contributed by atoms with Crippen molar-refractivity contribution in [1.29, 1.82) is 0 Å². The Balaban J connectivity index is 1.27. The number of ketones is 1. The fraction of sp³-hybridized carbons (Fsp3) is 0.786. The topological polar surface area (TPSA) is 72.8 Å². The lowest BCUT2D eigenvalue weighted by atomic mass is 9.47. The van der Waals surface area contributed by atoms with E-state index in [0.717, 1.165) is 32.1 Å². The number of hydrogen-bond acceptors (Lipinski definition) is 5. The lowest BCUT2D eigenvalue weighted by Crippen LogP contribution is -2.61. The van der Waals surface area contributed by atoms with Crippen molar-refractivity contribution in [3.8, 4) is 0 Å². The molecular weight excluding hydrogens is 416 g/mol. The van der Waals surface area contributed by atoms with Crippen LogP contribution >= 0.6 is 0 Å². The second kappa shape index (κ2) is 7.27. The Morgan fingerprint density at radius 1 is 1.06 bits per heavy atom. The van der Waals surface area contributed by atoms with Gasteiger partial charge < -0.3 is 14.6 Å². The fourth-order valence-electron chi connectivity index (χ4n) is 9.41. The number of ether oxygens (including phenoxy) is 2. The number of fused-ring (bicyclic) bond motifs is 7. The van der Waals surface area contributed by atoms with E-state index in [0.29, 0.717) is 42.5 Å². The van der Waals surface area contributed by atoms with E-state index in [1.807, 2.05) is 19.1 Å². The van der Waals surface area contributed by atoms with Gasteiger partial charge in [0.25, 0.3) is 0 Å². The van der Waals surface area contributed by atoms with Gasteiger partial charge >= 0.3 is 5.97 Å². The first-order valence-corrected chi connectivity index (χ1v) is 13.1. The summed E-state index contributed by atoms with van der Waals surface area (Å²) in [5.74, 6) is 1.71. The van der Waals surface area contributed by atoms with Crippen LogP contribution in [0.1, 0.15) is 65.7 Å². The van der Waals surface area contributed by atoms with Gasteiger partial charge in [-0.3, -0.25) is 9.59 Å². The van der Waals surface area contributed by atoms with Crippen molar-refractivity contribution in [1.82, 2.24) is 0 Å². The van der Waals surface area contributed by atoms with E-state index >= 15 is 0 Å². The van der Waals surface area contributed by atoms with Gasteiger partial charge in [0.05, 0.1) is 24.2 Å². The number of carbonyl (C=O) groups excluding carboxylic acids is 2. The highest BCUT2D eigenvalue weighted by atomic mass is 16.6. The molecule has 2 aliphatic heterocycles. The van der Waals surface area contributed by atoms with E-state index in [-0.39, 0.29) is 35.4 Å². The van der Waals surface area contributed by atoms with Crippen molar-refractivity contribution in [3.05, 3.63) is 23.8 Å². The van der Waals surface area contributed by atoms with Crippen molar-refractivity contribution < 1.29 is 24.2 Å². The zero-order valence-electron chi connectivity index (χ0n) is 20.2. The predicted octanol–water partition coefficient (Wildman–Crippen LogP) is 4.24. The normalized spacial score (nSPS) is 53.0. The van der Waals surface area contributed by atoms with Crippen LogP contribution in [-0.4, -0.2) is 41.8 Å². The minimum atomic E-state index is -0.615. The van der Waals surface area contributed by atoms with Gasteiger partial charge in [0.2, 0.25) is 0 Å². The Bertz CT molecular complexity index is 937. The maximum Gasteiger partial charge on any atom is 0.314 e. The molecule has 6 rings (SSSR count). The smallest absolute Gasteiger partial charge is 0.314 e. The van der Waals surface area contributed by atoms with Crippen LogP contribution < -0.4 is 0 Å². The average molecular weight is 455 g/mol. The molecule has 33 heavy (non-hydrogen) atoms. The Labute approximate surface area is 197 Å². The van der Waals surface area contributed by atoms with Gasteiger partial charge in [-0.25, -0.2) is 0 Å². The molecule has 6 unspecified atom stereocenters. The Morgan fingerprint density at radius 2 is 1.82 bits per heavy atom. The Hall–Kier alpha value is -1.46. The molecule has 2 saturated heterocycles. The molecule has 0 radical (unpaired) electrons. The molecule has 1 N–H and O–H groups in total. The van der Waals surface area contributed by atoms with E-state index in [9.17, 15) is 14.7 Å². The second-order valence-corrected chi connectivity index (χ2v) is 12.4. The predicted molar refractivity (Wildman–Crippen MR) is 123 cm³/mol. The molecule has 0 amide bonds. The minimum absolute atomic E-state index is 0.113. The summed E-state index contributed by atoms with van der Waals surface area (Å²) in [6.45, 7) is 7.04. The first-order chi connectivity index (χ1) is 15.7. The van der Waals surface area contributed by atoms with E-state index < -0.39 is 11.5 Å². The van der Waals surface area contributed by atoms with Crippen LogP contribution in [0, 0.1) is 46.3 Å². The van der Waals surface area contributed by atoms with Crippen molar-refractivity contribution in [2.24, 2.45) is 46.3 Å². The van der Waals surface area contributed by atoms with E-state index in [2.05, 4.69) is 19.9 Å². The number of rotatable bonds is 2. The maximum absolute atomic E-state index is 13.1. The summed E-state index contributed by atoms with van der Waals surface area (Å²) in [6, 6.07) is 0. The number of allylic oxidation sites excluding steroid dienone is 4. The molecule has 10 atom stereocenters. The number of carbonyl (C=O) groups is 2. The summed E-state index contributed by atoms with van der Waals surface area (Å²) in [5, 5.41) is 9.73. The molecule has 2 heterocycles. The molecule has 0 aromatic heterocycles. The highest BCUT2D eigenvalue weighted by Gasteiger charge is 2.63. The number of esters is 1. The lowest BCUT2D eigenvalue weighted by molar-refractivity contribution is -0.240. The summed E-state index contributed by atoms with van der Waals surface area (Å²) in [5.41, 5.74) is 0.612. The van der Waals surface area contributed by atoms with Gasteiger partial charge in [-0.1, -0.05) is 24.6 Å². The van der Waals surface area contributed by atoms with E-state index in [1.165, 1.54) is 12.0 Å². The quantitative estimate of drug-likeness (QED) is 0.499. The number of aliphatic hydroxyl groups excluding tert-OH is 1. The monoisotopic (exact) mass is 454 g/mol. The lowest BCUT2D eigenvalue weighted by Gasteiger charge is -2.58. The van der Waals surface area contributed by atoms with E-state index in [1.54, 1.807) is 0 Å². The summed E-state index contributed by atoms with van der Waals surface area (Å²) in [6.07, 6.45) is 13.4. The van der Waals surface area contributed by atoms with Crippen LogP contribution in [-0.2, 0) is 19.1 Å². The molecule has 2 saturated carbocycles. The highest BCUT2D eigenvalue weighted by Crippen LogP contribution is 2.67. The number of aliphatic hydroxyl groups is 1. The zero-order chi connectivity index (χ0) is 23.2. The Kier molecular flexibility index (Phi) is 4.85. The van der Waals surface area contributed by atoms with Crippen LogP contribution in [0.25, 0.3) is 0 Å². The van der Waals surface area contributed by atoms with Gasteiger partial charge in [0.15, 0.2) is 5.78 Å². The van der Waals surface area contributed by atoms with E-state index in [4.69, 9.17) is 9.47 Å². The summed E-state index contributed by atoms with van der Waals surface area (Å²) >= 11 is 0. The molecule has 4 fully saturated rings. The van der Waals surface area contributed by atoms with Crippen LogP contribution in [0.5, 0.6) is 0 Å². The fourth-order valence-corrected chi connectivity index (χ4v) is 9.41. The molecule has 6 aliphatic rings. The van der Waals surface area contributed by atoms with Gasteiger partial charge in [0.1, 0.15) is 12.0 Å². The molecule has 5 heteroatoms. The molecule has 0 aromatic carbocycles. The van der Waals surface area contributed by atoms with Crippen molar-refractivity contribution in [2.45, 2.75) is 77.4 Å². The van der Waals surface area contributed by atoms with Crippen LogP contribution in [0.3, 0.4) is 0 Å². The third-order valence-electron chi connectivity index (χ3n) is 11.4. The van der Waals surface area contributed by atoms with Crippen LogP contribution in [0.4, 0.5) is 0 Å². The third-order valence-corrected chi connectivity index (χ3v) is 11.4. The van der Waals surface area contributed by atoms with Crippen molar-refractivity contribution >= 4 is 11.8 Å². The van der Waals surface area contributed by atoms with Crippen LogP contribution in [0.2, 0.25) is 0 Å². The second-order valence-electron chi connectivity index (χ2n) is 12.4. The first-order valence-electron chi connectivity index (χ1n) is 13.1. The minimum Gasteiger partial charge on any atom is -0.461 e. The standard InChI is InChI=1S/C28H38O5/c1-26-12-11-21-17(8-7-16-5-4-6-24(30)28(16,21)3)19(26)9-10-20(26)18-15-32-27(2)13-23(18)33-25(31)22(27)14-29/h4,6-7,17-23,29H,5,8-15H2,1-3H3/t17?,18?,19?,20?,21?,22?,23-,26-,27-,28-/m0/s1. The SMILES string of the molecule is C[C@]12C(=O)C=CCC1=CCC1C2CC[C@@]2(C)C1CCC2C1CO[C@@]2(C)C[C@@H]1OC(=O)C2CO. The molecule has 0 aromatic rings. The molecule has 5 nitrogen and oxygen atoms in total. The maximum atomic E-state index is 13.1. The number of hydrogen-bond donors (Lipinski definition) is 1. The zero-order valence-corrected chi connectivity index (χ0v) is 20.2. The van der Waals surface area contributed by atoms with Gasteiger partial charge in [-0.2, -0.15) is 0 Å². The molecular formula is C28H38O5. The highest BCUT2D eigenvalue weighted by molar-refractivity contribution is 5.98. The molecule has 180 valence electrons. The first kappa shape index (κ1) is 22.0. The summed E-state index contributed by atoms with van der Waals surface area (Å²) in [4.78, 5) is 25.8. The molecule has 0 spiro atoms. The average Bonchev–Trinajstić information content (AvgIpc) is 3.12. The molecule has 4 aliphatic carbocycles. The third kappa shape index (κ3) is 2.84. The van der Waals surface area contributed by atoms with Gasteiger partial charge in [0, 0.05) is 12.3 Å². The summed E-state index contributed by atoms with van der Waals surface area (Å²) < 4.78 is 12.3. The van der Waals surface area contributed by atoms with Crippen LogP contribution in [0.15, 0.2) is 23.8 Å².